The van der Waals surface area contributed by atoms with Crippen molar-refractivity contribution in [3.05, 3.63) is 105 Å². The Morgan fingerprint density at radius 2 is 1.91 bits per heavy atom. The maximum Gasteiger partial charge on any atom is 0.291 e. The number of carbonyl (C=O) groups is 2. The molecule has 0 radical (unpaired) electrons. The third-order valence-corrected chi connectivity index (χ3v) is 11.0. The van der Waals surface area contributed by atoms with Gasteiger partial charge in [-0.2, -0.15) is 0 Å². The van der Waals surface area contributed by atoms with Crippen LogP contribution in [-0.4, -0.2) is 74.2 Å². The summed E-state index contributed by atoms with van der Waals surface area (Å²) in [6.45, 7) is 3.45. The van der Waals surface area contributed by atoms with Crippen molar-refractivity contribution >= 4 is 51.7 Å². The molecule has 0 unspecified atom stereocenters. The summed E-state index contributed by atoms with van der Waals surface area (Å²) in [5.41, 5.74) is 7.15. The monoisotopic (exact) mass is 779 g/mol. The molecule has 282 valence electrons. The Balaban J connectivity index is 0.955. The van der Waals surface area contributed by atoms with E-state index >= 15 is 0 Å². The molecule has 0 saturated carbocycles. The molecule has 0 bridgehead atoms. The van der Waals surface area contributed by atoms with E-state index in [0.717, 1.165) is 66.0 Å². The summed E-state index contributed by atoms with van der Waals surface area (Å²) in [6, 6.07) is 18.9. The highest BCUT2D eigenvalue weighted by atomic mass is 35.5. The molecule has 6 heterocycles. The SMILES string of the molecule is COc1nc(-c2ccnc(-c3cccc(NC(=O)c4nc5c(n4C)CCN(CCc4noc6ccccc46)C5)c3Cl)c2Cl)ccc1CNC[C@@H]1CCC(=O)N1. The number of nitrogens with one attached hydrogen (secondary N) is 3. The molecule has 6 aromatic rings. The summed E-state index contributed by atoms with van der Waals surface area (Å²) in [6.07, 6.45) is 4.54. The normalized spacial score (nSPS) is 15.6. The van der Waals surface area contributed by atoms with Crippen molar-refractivity contribution in [2.24, 2.45) is 7.05 Å². The Kier molecular flexibility index (Phi) is 10.5. The van der Waals surface area contributed by atoms with Crippen molar-refractivity contribution in [2.75, 3.05) is 32.1 Å². The lowest BCUT2D eigenvalue weighted by Crippen LogP contribution is -2.35. The van der Waals surface area contributed by atoms with Gasteiger partial charge in [0.2, 0.25) is 11.8 Å². The second kappa shape index (κ2) is 15.8. The van der Waals surface area contributed by atoms with Crippen molar-refractivity contribution in [3.8, 4) is 28.4 Å². The summed E-state index contributed by atoms with van der Waals surface area (Å²) in [5, 5.41) is 15.3. The van der Waals surface area contributed by atoms with Crippen LogP contribution >= 0.6 is 23.2 Å². The van der Waals surface area contributed by atoms with Gasteiger partial charge in [0.05, 0.1) is 45.6 Å². The number of amides is 2. The molecular weight excluding hydrogens is 741 g/mol. The largest absolute Gasteiger partial charge is 0.481 e. The first-order valence-corrected chi connectivity index (χ1v) is 18.9. The summed E-state index contributed by atoms with van der Waals surface area (Å²) in [4.78, 5) is 41.7. The van der Waals surface area contributed by atoms with Crippen LogP contribution in [0.4, 0.5) is 5.69 Å². The highest BCUT2D eigenvalue weighted by Gasteiger charge is 2.27. The molecule has 0 aliphatic carbocycles. The average molecular weight is 781 g/mol. The molecule has 15 heteroatoms. The number of halogens is 2. The lowest BCUT2D eigenvalue weighted by Gasteiger charge is -2.26. The van der Waals surface area contributed by atoms with Gasteiger partial charge < -0.3 is 29.8 Å². The van der Waals surface area contributed by atoms with Crippen molar-refractivity contribution in [1.29, 1.82) is 0 Å². The number of imidazole rings is 1. The molecular formula is C40H39Cl2N9O4. The zero-order chi connectivity index (χ0) is 38.1. The summed E-state index contributed by atoms with van der Waals surface area (Å²) >= 11 is 14.0. The number of aromatic nitrogens is 5. The first-order valence-electron chi connectivity index (χ1n) is 18.2. The molecule has 1 saturated heterocycles. The minimum absolute atomic E-state index is 0.0857. The minimum atomic E-state index is -0.372. The van der Waals surface area contributed by atoms with Crippen LogP contribution in [0, 0.1) is 0 Å². The van der Waals surface area contributed by atoms with Gasteiger partial charge in [-0.3, -0.25) is 19.5 Å². The number of hydrogen-bond acceptors (Lipinski definition) is 10. The van der Waals surface area contributed by atoms with Gasteiger partial charge in [-0.25, -0.2) is 9.97 Å². The van der Waals surface area contributed by atoms with Crippen LogP contribution in [0.1, 0.15) is 46.1 Å². The first-order chi connectivity index (χ1) is 26.8. The van der Waals surface area contributed by atoms with Gasteiger partial charge >= 0.3 is 0 Å². The van der Waals surface area contributed by atoms with Crippen LogP contribution in [0.5, 0.6) is 5.88 Å². The van der Waals surface area contributed by atoms with E-state index in [2.05, 4.69) is 31.0 Å². The second-order valence-electron chi connectivity index (χ2n) is 13.7. The first kappa shape index (κ1) is 36.6. The Labute approximate surface area is 327 Å². The van der Waals surface area contributed by atoms with Gasteiger partial charge in [0.25, 0.3) is 5.91 Å². The number of pyridine rings is 2. The van der Waals surface area contributed by atoms with Gasteiger partial charge in [-0.1, -0.05) is 58.7 Å². The predicted molar refractivity (Wildman–Crippen MR) is 210 cm³/mol. The van der Waals surface area contributed by atoms with E-state index in [1.165, 1.54) is 0 Å². The molecule has 1 fully saturated rings. The van der Waals surface area contributed by atoms with Crippen LogP contribution in [-0.2, 0) is 37.8 Å². The molecule has 8 rings (SSSR count). The fourth-order valence-electron chi connectivity index (χ4n) is 7.32. The third-order valence-electron chi connectivity index (χ3n) is 10.2. The molecule has 55 heavy (non-hydrogen) atoms. The Morgan fingerprint density at radius 3 is 2.75 bits per heavy atom. The van der Waals surface area contributed by atoms with Crippen molar-refractivity contribution in [3.63, 3.8) is 0 Å². The molecule has 0 spiro atoms. The van der Waals surface area contributed by atoms with E-state index in [-0.39, 0.29) is 17.9 Å². The van der Waals surface area contributed by atoms with Crippen LogP contribution in [0.25, 0.3) is 33.5 Å². The van der Waals surface area contributed by atoms with Gasteiger partial charge in [0.1, 0.15) is 0 Å². The Morgan fingerprint density at radius 1 is 1.04 bits per heavy atom. The van der Waals surface area contributed by atoms with Crippen molar-refractivity contribution in [2.45, 2.75) is 44.8 Å². The van der Waals surface area contributed by atoms with E-state index < -0.39 is 0 Å². The van der Waals surface area contributed by atoms with Gasteiger partial charge in [0.15, 0.2) is 11.4 Å². The highest BCUT2D eigenvalue weighted by molar-refractivity contribution is 6.39. The molecule has 2 aromatic carbocycles. The molecule has 3 N–H and O–H groups in total. The minimum Gasteiger partial charge on any atom is -0.481 e. The number of carbonyl (C=O) groups excluding carboxylic acids is 2. The van der Waals surface area contributed by atoms with Crippen LogP contribution < -0.4 is 20.7 Å². The number of methoxy groups -OCH3 is 1. The fourth-order valence-corrected chi connectivity index (χ4v) is 7.89. The van der Waals surface area contributed by atoms with E-state index in [1.807, 2.05) is 54.1 Å². The zero-order valence-corrected chi connectivity index (χ0v) is 31.9. The molecule has 2 amide bonds. The second-order valence-corrected chi connectivity index (χ2v) is 14.5. The standard InChI is InChI=1S/C40H39Cl2N9O4/c1-50-32-16-19-51(18-15-29-25-6-3-4-9-33(25)55-49-29)22-31(32)46-38(50)39(53)47-30-8-5-7-27(35(30)41)37-36(42)26(14-17-44-37)28-12-10-23(40(48-28)54-2)20-43-21-24-11-13-34(52)45-24/h3-10,12,14,17,24,43H,11,13,15-16,18-22H2,1-2H3,(H,45,52)(H,47,53)/t24-/m0/s1. The molecule has 1 atom stereocenters. The number of ether oxygens (including phenoxy) is 1. The smallest absolute Gasteiger partial charge is 0.291 e. The Hall–Kier alpha value is -5.34. The number of hydrogen-bond donors (Lipinski definition) is 3. The Bertz CT molecular complexity index is 2410. The third kappa shape index (κ3) is 7.52. The van der Waals surface area contributed by atoms with Crippen LogP contribution in [0.3, 0.4) is 0 Å². The van der Waals surface area contributed by atoms with Gasteiger partial charge in [-0.05, 0) is 36.8 Å². The number of benzene rings is 2. The maximum absolute atomic E-state index is 13.7. The lowest BCUT2D eigenvalue weighted by atomic mass is 10.1. The van der Waals surface area contributed by atoms with Gasteiger partial charge in [0, 0.05) is 99.0 Å². The van der Waals surface area contributed by atoms with E-state index in [4.69, 9.17) is 42.4 Å². The number of fused-ring (bicyclic) bond motifs is 2. The average Bonchev–Trinajstić information content (AvgIpc) is 3.91. The molecule has 2 aliphatic rings. The summed E-state index contributed by atoms with van der Waals surface area (Å²) in [5.74, 6) is 0.477. The number of para-hydroxylation sites is 1. The zero-order valence-electron chi connectivity index (χ0n) is 30.4. The predicted octanol–water partition coefficient (Wildman–Crippen LogP) is 6.22. The van der Waals surface area contributed by atoms with E-state index in [9.17, 15) is 9.59 Å². The van der Waals surface area contributed by atoms with E-state index in [0.29, 0.717) is 76.0 Å². The number of nitrogens with zero attached hydrogens (tertiary/aromatic N) is 6. The molecule has 2 aliphatic heterocycles. The van der Waals surface area contributed by atoms with Gasteiger partial charge in [-0.15, -0.1) is 0 Å². The quantitative estimate of drug-likeness (QED) is 0.131. The van der Waals surface area contributed by atoms with E-state index in [1.54, 1.807) is 31.5 Å². The maximum atomic E-state index is 13.7. The van der Waals surface area contributed by atoms with Crippen molar-refractivity contribution in [1.82, 2.24) is 40.2 Å². The topological polar surface area (TPSA) is 152 Å². The van der Waals surface area contributed by atoms with Crippen LogP contribution in [0.15, 0.2) is 71.4 Å². The lowest BCUT2D eigenvalue weighted by molar-refractivity contribution is -0.119. The van der Waals surface area contributed by atoms with Crippen molar-refractivity contribution < 1.29 is 18.8 Å². The summed E-state index contributed by atoms with van der Waals surface area (Å²) in [7, 11) is 3.44. The fraction of sp³-hybridized carbons (Fsp3) is 0.300. The number of anilines is 1. The number of rotatable bonds is 12. The molecule has 4 aromatic heterocycles. The summed E-state index contributed by atoms with van der Waals surface area (Å²) < 4.78 is 13.0. The highest BCUT2D eigenvalue weighted by Crippen LogP contribution is 2.40. The van der Waals surface area contributed by atoms with Crippen LogP contribution in [0.2, 0.25) is 10.0 Å². The molecule has 13 nitrogen and oxygen atoms in total.